The summed E-state index contributed by atoms with van der Waals surface area (Å²) in [5.41, 5.74) is 11.6. The molecule has 2 saturated heterocycles. The first kappa shape index (κ1) is 32.5. The van der Waals surface area contributed by atoms with Crippen molar-refractivity contribution < 1.29 is 14.3 Å². The highest BCUT2D eigenvalue weighted by atomic mass is 35.5. The fraction of sp³-hybridized carbons (Fsp3) is 0.457. The fourth-order valence-electron chi connectivity index (χ4n) is 6.55. The zero-order valence-electron chi connectivity index (χ0n) is 26.1. The molecule has 0 radical (unpaired) electrons. The standard InChI is InChI=1S/C35H40Cl2N6O3/c36-30-10-8-27(22-26(30)7-5-25-6-9-31(37)28(21-25)23-41-17-19-46-20-18-41)33-29-24-42(35(45)34(38)44)16-11-32(29)43(39-33)15-4-14-40-12-2-1-3-13-40/h6,8-10,21-22H,1-4,11-20,23-24H2,(H2,38,44). The zero-order valence-corrected chi connectivity index (χ0v) is 27.6. The van der Waals surface area contributed by atoms with E-state index < -0.39 is 11.8 Å². The largest absolute Gasteiger partial charge is 0.379 e. The molecule has 0 atom stereocenters. The molecule has 0 saturated carbocycles. The highest BCUT2D eigenvalue weighted by Crippen LogP contribution is 2.32. The molecule has 9 nitrogen and oxygen atoms in total. The minimum Gasteiger partial charge on any atom is -0.379 e. The summed E-state index contributed by atoms with van der Waals surface area (Å²) >= 11 is 13.2. The molecule has 0 aliphatic carbocycles. The van der Waals surface area contributed by atoms with Gasteiger partial charge in [-0.2, -0.15) is 5.10 Å². The van der Waals surface area contributed by atoms with Gasteiger partial charge in [-0.15, -0.1) is 0 Å². The van der Waals surface area contributed by atoms with E-state index in [1.54, 1.807) is 0 Å². The van der Waals surface area contributed by atoms with Gasteiger partial charge in [-0.25, -0.2) is 0 Å². The number of carbonyl (C=O) groups is 2. The van der Waals surface area contributed by atoms with Gasteiger partial charge in [0.1, 0.15) is 0 Å². The third kappa shape index (κ3) is 7.76. The number of ether oxygens (including phenoxy) is 1. The molecule has 1 aromatic heterocycles. The van der Waals surface area contributed by atoms with E-state index in [4.69, 9.17) is 38.8 Å². The predicted octanol–water partition coefficient (Wildman–Crippen LogP) is 4.33. The Kier molecular flexibility index (Phi) is 10.6. The molecule has 242 valence electrons. The first-order valence-corrected chi connectivity index (χ1v) is 16.9. The van der Waals surface area contributed by atoms with Gasteiger partial charge in [0.15, 0.2) is 0 Å². The second-order valence-electron chi connectivity index (χ2n) is 12.2. The summed E-state index contributed by atoms with van der Waals surface area (Å²) in [5.74, 6) is 4.92. The lowest BCUT2D eigenvalue weighted by molar-refractivity contribution is -0.144. The molecule has 0 bridgehead atoms. The molecule has 2 fully saturated rings. The van der Waals surface area contributed by atoms with E-state index in [1.807, 2.05) is 36.4 Å². The summed E-state index contributed by atoms with van der Waals surface area (Å²) in [6.45, 7) is 8.80. The van der Waals surface area contributed by atoms with Gasteiger partial charge in [0, 0.05) is 72.1 Å². The number of nitrogens with zero attached hydrogens (tertiary/aromatic N) is 5. The van der Waals surface area contributed by atoms with Crippen LogP contribution in [-0.4, -0.2) is 88.8 Å². The lowest BCUT2D eigenvalue weighted by atomic mass is 9.99. The number of likely N-dealkylation sites (tertiary alicyclic amines) is 1. The Morgan fingerprint density at radius 1 is 0.891 bits per heavy atom. The number of nitrogens with two attached hydrogens (primary N) is 1. The monoisotopic (exact) mass is 662 g/mol. The molecule has 3 aliphatic heterocycles. The molecule has 3 aliphatic rings. The Hall–Kier alpha value is -3.39. The van der Waals surface area contributed by atoms with Gasteiger partial charge in [0.25, 0.3) is 0 Å². The molecule has 4 heterocycles. The van der Waals surface area contributed by atoms with E-state index in [0.717, 1.165) is 104 Å². The van der Waals surface area contributed by atoms with Crippen LogP contribution in [0.2, 0.25) is 10.0 Å². The third-order valence-corrected chi connectivity index (χ3v) is 9.75. The van der Waals surface area contributed by atoms with Crippen LogP contribution in [0.25, 0.3) is 11.3 Å². The fourth-order valence-corrected chi connectivity index (χ4v) is 6.89. The van der Waals surface area contributed by atoms with Crippen molar-refractivity contribution >= 4 is 35.0 Å². The Balaban J connectivity index is 1.26. The minimum absolute atomic E-state index is 0.277. The van der Waals surface area contributed by atoms with E-state index in [9.17, 15) is 9.59 Å². The zero-order chi connectivity index (χ0) is 32.0. The first-order valence-electron chi connectivity index (χ1n) is 16.2. The number of hydrogen-bond acceptors (Lipinski definition) is 6. The number of halogens is 2. The summed E-state index contributed by atoms with van der Waals surface area (Å²) < 4.78 is 7.56. The van der Waals surface area contributed by atoms with Crippen LogP contribution in [0.3, 0.4) is 0 Å². The molecule has 2 N–H and O–H groups in total. The van der Waals surface area contributed by atoms with Crippen molar-refractivity contribution in [1.29, 1.82) is 0 Å². The number of aromatic nitrogens is 2. The number of rotatable bonds is 7. The van der Waals surface area contributed by atoms with Gasteiger partial charge in [-0.05, 0) is 74.8 Å². The molecule has 2 aromatic carbocycles. The Bertz CT molecular complexity index is 1650. The van der Waals surface area contributed by atoms with Crippen molar-refractivity contribution in [2.45, 2.75) is 51.7 Å². The number of morpholine rings is 1. The van der Waals surface area contributed by atoms with Crippen molar-refractivity contribution in [3.63, 3.8) is 0 Å². The van der Waals surface area contributed by atoms with Crippen molar-refractivity contribution in [1.82, 2.24) is 24.5 Å². The maximum Gasteiger partial charge on any atom is 0.311 e. The van der Waals surface area contributed by atoms with Crippen LogP contribution in [0.15, 0.2) is 36.4 Å². The number of hydrogen-bond donors (Lipinski definition) is 1. The second-order valence-corrected chi connectivity index (χ2v) is 13.0. The molecule has 0 spiro atoms. The molecular formula is C35H40Cl2N6O3. The summed E-state index contributed by atoms with van der Waals surface area (Å²) in [4.78, 5) is 30.7. The van der Waals surface area contributed by atoms with Crippen LogP contribution in [0, 0.1) is 11.8 Å². The molecule has 3 aromatic rings. The maximum absolute atomic E-state index is 12.6. The van der Waals surface area contributed by atoms with E-state index in [1.165, 1.54) is 24.2 Å². The highest BCUT2D eigenvalue weighted by Gasteiger charge is 2.30. The molecule has 46 heavy (non-hydrogen) atoms. The van der Waals surface area contributed by atoms with E-state index >= 15 is 0 Å². The number of amides is 2. The van der Waals surface area contributed by atoms with Gasteiger partial charge in [0.2, 0.25) is 0 Å². The van der Waals surface area contributed by atoms with Gasteiger partial charge in [-0.1, -0.05) is 47.5 Å². The highest BCUT2D eigenvalue weighted by molar-refractivity contribution is 6.34. The van der Waals surface area contributed by atoms with Crippen molar-refractivity contribution in [2.75, 3.05) is 52.5 Å². The third-order valence-electron chi connectivity index (χ3n) is 9.05. The molecule has 2 amide bonds. The summed E-state index contributed by atoms with van der Waals surface area (Å²) in [6.07, 6.45) is 5.44. The second kappa shape index (κ2) is 15.0. The molecular weight excluding hydrogens is 623 g/mol. The van der Waals surface area contributed by atoms with E-state index in [0.29, 0.717) is 23.6 Å². The van der Waals surface area contributed by atoms with Crippen LogP contribution in [0.1, 0.15) is 53.6 Å². The number of aryl methyl sites for hydroxylation is 1. The van der Waals surface area contributed by atoms with Crippen LogP contribution in [0.5, 0.6) is 0 Å². The molecule has 11 heteroatoms. The summed E-state index contributed by atoms with van der Waals surface area (Å²) in [7, 11) is 0. The molecule has 0 unspecified atom stereocenters. The van der Waals surface area contributed by atoms with E-state index in [2.05, 4.69) is 26.3 Å². The Morgan fingerprint density at radius 2 is 1.67 bits per heavy atom. The Labute approximate surface area is 280 Å². The van der Waals surface area contributed by atoms with Crippen LogP contribution < -0.4 is 5.73 Å². The van der Waals surface area contributed by atoms with Gasteiger partial charge >= 0.3 is 11.8 Å². The summed E-state index contributed by atoms with van der Waals surface area (Å²) in [6, 6.07) is 11.6. The number of piperidine rings is 1. The quantitative estimate of drug-likeness (QED) is 0.299. The van der Waals surface area contributed by atoms with Crippen LogP contribution >= 0.6 is 23.2 Å². The average molecular weight is 664 g/mol. The number of benzene rings is 2. The van der Waals surface area contributed by atoms with Crippen molar-refractivity contribution in [3.05, 3.63) is 74.4 Å². The number of primary amides is 1. The maximum atomic E-state index is 12.6. The number of carbonyl (C=O) groups excluding carboxylic acids is 2. The van der Waals surface area contributed by atoms with Gasteiger partial charge in [0.05, 0.1) is 30.5 Å². The SMILES string of the molecule is NC(=O)C(=O)N1CCc2c(c(-c3ccc(Cl)c(C#Cc4ccc(Cl)c(CN5CCOCC5)c4)c3)nn2CCCN2CCCCC2)C1. The van der Waals surface area contributed by atoms with E-state index in [-0.39, 0.29) is 6.54 Å². The van der Waals surface area contributed by atoms with Crippen LogP contribution in [-0.2, 0) is 40.4 Å². The first-order chi connectivity index (χ1) is 22.4. The lowest BCUT2D eigenvalue weighted by Gasteiger charge is -2.27. The smallest absolute Gasteiger partial charge is 0.311 e. The topological polar surface area (TPSA) is 96.9 Å². The summed E-state index contributed by atoms with van der Waals surface area (Å²) in [5, 5.41) is 6.33. The minimum atomic E-state index is -0.946. The van der Waals surface area contributed by atoms with Gasteiger partial charge < -0.3 is 20.3 Å². The van der Waals surface area contributed by atoms with Crippen LogP contribution in [0.4, 0.5) is 0 Å². The van der Waals surface area contributed by atoms with Gasteiger partial charge in [-0.3, -0.25) is 19.2 Å². The average Bonchev–Trinajstić information content (AvgIpc) is 3.44. The van der Waals surface area contributed by atoms with Crippen molar-refractivity contribution in [3.8, 4) is 23.1 Å². The normalized spacial score (nSPS) is 17.3. The molecule has 6 rings (SSSR count). The number of fused-ring (bicyclic) bond motifs is 1. The predicted molar refractivity (Wildman–Crippen MR) is 179 cm³/mol. The Morgan fingerprint density at radius 3 is 2.46 bits per heavy atom. The lowest BCUT2D eigenvalue weighted by Crippen LogP contribution is -2.43. The van der Waals surface area contributed by atoms with Crippen molar-refractivity contribution in [2.24, 2.45) is 5.73 Å².